The zero-order chi connectivity index (χ0) is 17.0. The number of rotatable bonds is 5. The predicted molar refractivity (Wildman–Crippen MR) is 89.5 cm³/mol. The molecule has 3 nitrogen and oxygen atoms in total. The van der Waals surface area contributed by atoms with Crippen LogP contribution in [0.2, 0.25) is 0 Å². The van der Waals surface area contributed by atoms with Crippen LogP contribution < -0.4 is 0 Å². The minimum absolute atomic E-state index is 0.0874. The van der Waals surface area contributed by atoms with Crippen LogP contribution in [0, 0.1) is 11.3 Å². The number of carbonyl (C=O) groups is 2. The molecule has 1 unspecified atom stereocenters. The van der Waals surface area contributed by atoms with Crippen LogP contribution in [0.4, 0.5) is 0 Å². The Kier molecular flexibility index (Phi) is 6.16. The molecule has 0 N–H and O–H groups in total. The zero-order valence-corrected chi connectivity index (χ0v) is 14.9. The molecule has 0 saturated carbocycles. The van der Waals surface area contributed by atoms with E-state index in [0.29, 0.717) is 12.8 Å². The molecule has 0 bridgehead atoms. The van der Waals surface area contributed by atoms with Gasteiger partial charge in [-0.25, -0.2) is 0 Å². The Labute approximate surface area is 134 Å². The lowest BCUT2D eigenvalue weighted by atomic mass is 9.73. The fourth-order valence-electron chi connectivity index (χ4n) is 2.79. The maximum Gasteiger partial charge on any atom is 0.313 e. The van der Waals surface area contributed by atoms with Gasteiger partial charge in [0.25, 0.3) is 0 Å². The van der Waals surface area contributed by atoms with E-state index < -0.39 is 5.60 Å². The molecule has 0 saturated heterocycles. The lowest BCUT2D eigenvalue weighted by Gasteiger charge is -2.32. The van der Waals surface area contributed by atoms with Gasteiger partial charge in [0, 0.05) is 6.42 Å². The van der Waals surface area contributed by atoms with Gasteiger partial charge in [-0.3, -0.25) is 9.59 Å². The molecule has 0 heterocycles. The van der Waals surface area contributed by atoms with Gasteiger partial charge in [-0.2, -0.15) is 0 Å². The van der Waals surface area contributed by atoms with Gasteiger partial charge >= 0.3 is 5.97 Å². The molecule has 0 spiro atoms. The Morgan fingerprint density at radius 1 is 1.32 bits per heavy atom. The third kappa shape index (κ3) is 6.17. The molecule has 0 radical (unpaired) electrons. The number of esters is 1. The van der Waals surface area contributed by atoms with Crippen molar-refractivity contribution in [2.45, 2.75) is 72.8 Å². The fraction of sp³-hybridized carbons (Fsp3) is 0.684. The average Bonchev–Trinajstić information content (AvgIpc) is 2.29. The number of carbonyl (C=O) groups excluding carboxylic acids is 2. The number of allylic oxidation sites excluding steroid dienone is 3. The second kappa shape index (κ2) is 7.26. The van der Waals surface area contributed by atoms with Crippen molar-refractivity contribution in [2.75, 3.05) is 0 Å². The van der Waals surface area contributed by atoms with Gasteiger partial charge in [-0.1, -0.05) is 38.5 Å². The van der Waals surface area contributed by atoms with Crippen molar-refractivity contribution in [2.24, 2.45) is 11.3 Å². The lowest BCUT2D eigenvalue weighted by molar-refractivity contribution is -0.158. The van der Waals surface area contributed by atoms with Crippen LogP contribution in [0.15, 0.2) is 23.8 Å². The second-order valence-corrected chi connectivity index (χ2v) is 7.90. The molecule has 0 aromatic rings. The summed E-state index contributed by atoms with van der Waals surface area (Å²) in [5.41, 5.74) is 0.310. The summed E-state index contributed by atoms with van der Waals surface area (Å²) in [6.45, 7) is 11.8. The van der Waals surface area contributed by atoms with E-state index in [-0.39, 0.29) is 23.1 Å². The molecule has 1 aliphatic carbocycles. The van der Waals surface area contributed by atoms with Crippen molar-refractivity contribution >= 4 is 11.8 Å². The van der Waals surface area contributed by atoms with Gasteiger partial charge in [-0.15, -0.1) is 0 Å². The van der Waals surface area contributed by atoms with Crippen LogP contribution in [-0.2, 0) is 14.3 Å². The second-order valence-electron chi connectivity index (χ2n) is 7.90. The molecule has 22 heavy (non-hydrogen) atoms. The number of hydrogen-bond acceptors (Lipinski definition) is 3. The van der Waals surface area contributed by atoms with Crippen LogP contribution in [-0.4, -0.2) is 17.4 Å². The Morgan fingerprint density at radius 3 is 2.45 bits per heavy atom. The van der Waals surface area contributed by atoms with Gasteiger partial charge in [0.2, 0.25) is 0 Å². The van der Waals surface area contributed by atoms with Crippen LogP contribution in [0.25, 0.3) is 0 Å². The summed E-state index contributed by atoms with van der Waals surface area (Å²) in [6.07, 6.45) is 8.57. The first-order chi connectivity index (χ1) is 10.0. The third-order valence-electron chi connectivity index (χ3n) is 3.59. The average molecular weight is 306 g/mol. The number of ketones is 1. The van der Waals surface area contributed by atoms with E-state index in [0.717, 1.165) is 18.4 Å². The zero-order valence-electron chi connectivity index (χ0n) is 14.9. The molecular weight excluding hydrogens is 276 g/mol. The first-order valence-electron chi connectivity index (χ1n) is 8.15. The summed E-state index contributed by atoms with van der Waals surface area (Å²) in [6, 6.07) is 0. The van der Waals surface area contributed by atoms with Crippen LogP contribution in [0.1, 0.15) is 67.2 Å². The van der Waals surface area contributed by atoms with Gasteiger partial charge in [-0.05, 0) is 51.5 Å². The number of ether oxygens (including phenoxy) is 1. The van der Waals surface area contributed by atoms with Gasteiger partial charge in [0.15, 0.2) is 5.78 Å². The normalized spacial score (nSPS) is 19.9. The van der Waals surface area contributed by atoms with Gasteiger partial charge < -0.3 is 4.74 Å². The maximum atomic E-state index is 12.6. The Balaban J connectivity index is 3.01. The quantitative estimate of drug-likeness (QED) is 0.550. The molecule has 1 rings (SSSR count). The van der Waals surface area contributed by atoms with E-state index in [2.05, 4.69) is 20.8 Å². The highest BCUT2D eigenvalue weighted by atomic mass is 16.6. The standard InChI is InChI=1S/C19H30O3/c1-7-8-9-10-16(17(21)22-18(2,3)4)14-11-15(20)13-19(5,6)12-14/h8-9,11,16H,7,10,12-13H2,1-6H3/b9-8+. The maximum absolute atomic E-state index is 12.6. The van der Waals surface area contributed by atoms with Crippen molar-refractivity contribution in [1.29, 1.82) is 0 Å². The van der Waals surface area contributed by atoms with Gasteiger partial charge in [0.05, 0.1) is 5.92 Å². The van der Waals surface area contributed by atoms with E-state index in [9.17, 15) is 9.59 Å². The largest absolute Gasteiger partial charge is 0.459 e. The summed E-state index contributed by atoms with van der Waals surface area (Å²) in [7, 11) is 0. The van der Waals surface area contributed by atoms with Crippen molar-refractivity contribution in [1.82, 2.24) is 0 Å². The minimum atomic E-state index is -0.515. The molecule has 0 aliphatic heterocycles. The van der Waals surface area contributed by atoms with Gasteiger partial charge in [0.1, 0.15) is 5.60 Å². The monoisotopic (exact) mass is 306 g/mol. The van der Waals surface area contributed by atoms with E-state index >= 15 is 0 Å². The smallest absolute Gasteiger partial charge is 0.313 e. The SMILES string of the molecule is CC/C=C/CC(C(=O)OC(C)(C)C)C1=CC(=O)CC(C)(C)C1. The first kappa shape index (κ1) is 18.7. The van der Waals surface area contributed by atoms with E-state index in [1.165, 1.54) is 0 Å². The molecule has 0 aromatic carbocycles. The van der Waals surface area contributed by atoms with E-state index in [1.807, 2.05) is 32.9 Å². The molecule has 1 atom stereocenters. The summed E-state index contributed by atoms with van der Waals surface area (Å²) in [5, 5.41) is 0. The Hall–Kier alpha value is -1.38. The number of hydrogen-bond donors (Lipinski definition) is 0. The molecule has 0 amide bonds. The first-order valence-corrected chi connectivity index (χ1v) is 8.15. The molecule has 0 fully saturated rings. The minimum Gasteiger partial charge on any atom is -0.459 e. The van der Waals surface area contributed by atoms with Crippen LogP contribution >= 0.6 is 0 Å². The summed E-state index contributed by atoms with van der Waals surface area (Å²) in [4.78, 5) is 24.5. The highest BCUT2D eigenvalue weighted by molar-refractivity contribution is 5.93. The third-order valence-corrected chi connectivity index (χ3v) is 3.59. The summed E-state index contributed by atoms with van der Waals surface area (Å²) >= 11 is 0. The topological polar surface area (TPSA) is 43.4 Å². The molecule has 3 heteroatoms. The van der Waals surface area contributed by atoms with Crippen molar-refractivity contribution in [3.8, 4) is 0 Å². The summed E-state index contributed by atoms with van der Waals surface area (Å²) in [5.74, 6) is -0.477. The van der Waals surface area contributed by atoms with Crippen molar-refractivity contribution in [3.05, 3.63) is 23.8 Å². The molecule has 124 valence electrons. The molecular formula is C19H30O3. The predicted octanol–water partition coefficient (Wildman–Crippen LogP) is 4.62. The molecule has 0 aromatic heterocycles. The lowest BCUT2D eigenvalue weighted by Crippen LogP contribution is -2.32. The summed E-state index contributed by atoms with van der Waals surface area (Å²) < 4.78 is 5.56. The highest BCUT2D eigenvalue weighted by Crippen LogP contribution is 2.38. The highest BCUT2D eigenvalue weighted by Gasteiger charge is 2.34. The van der Waals surface area contributed by atoms with Crippen LogP contribution in [0.3, 0.4) is 0 Å². The van der Waals surface area contributed by atoms with Crippen molar-refractivity contribution in [3.63, 3.8) is 0 Å². The van der Waals surface area contributed by atoms with E-state index in [1.54, 1.807) is 6.08 Å². The molecule has 1 aliphatic rings. The fourth-order valence-corrected chi connectivity index (χ4v) is 2.79. The Bertz CT molecular complexity index is 475. The van der Waals surface area contributed by atoms with E-state index in [4.69, 9.17) is 4.74 Å². The Morgan fingerprint density at radius 2 is 1.95 bits per heavy atom. The van der Waals surface area contributed by atoms with Crippen LogP contribution in [0.5, 0.6) is 0 Å². The van der Waals surface area contributed by atoms with Crippen molar-refractivity contribution < 1.29 is 14.3 Å².